The van der Waals surface area contributed by atoms with Crippen LogP contribution in [0, 0.1) is 5.92 Å². The van der Waals surface area contributed by atoms with Crippen LogP contribution >= 0.6 is 0 Å². The first kappa shape index (κ1) is 13.5. The molecule has 0 saturated heterocycles. The van der Waals surface area contributed by atoms with Crippen molar-refractivity contribution in [2.75, 3.05) is 13.7 Å². The Morgan fingerprint density at radius 2 is 2.06 bits per heavy atom. The monoisotopic (exact) mass is 229 g/mol. The van der Waals surface area contributed by atoms with Crippen LogP contribution in [0.4, 0.5) is 0 Å². The van der Waals surface area contributed by atoms with Crippen LogP contribution in [-0.2, 0) is 9.53 Å². The lowest BCUT2D eigenvalue weighted by molar-refractivity contribution is -0.141. The number of carboxylic acid groups (broad SMARTS) is 1. The molecule has 1 rings (SSSR count). The van der Waals surface area contributed by atoms with Gasteiger partial charge in [0.1, 0.15) is 6.04 Å². The van der Waals surface area contributed by atoms with E-state index in [1.54, 1.807) is 0 Å². The largest absolute Gasteiger partial charge is 0.480 e. The van der Waals surface area contributed by atoms with E-state index in [-0.39, 0.29) is 6.61 Å². The van der Waals surface area contributed by atoms with E-state index in [0.717, 1.165) is 18.8 Å². The molecule has 0 aromatic rings. The van der Waals surface area contributed by atoms with Gasteiger partial charge in [-0.1, -0.05) is 13.3 Å². The maximum Gasteiger partial charge on any atom is 0.323 e. The highest BCUT2D eigenvalue weighted by Crippen LogP contribution is 2.26. The van der Waals surface area contributed by atoms with Crippen molar-refractivity contribution in [2.45, 2.75) is 51.1 Å². The standard InChI is InChI=1S/C12H23NO3/c1-3-9-4-6-10(7-5-9)13-11(8-16-2)12(14)15/h9-11,13H,3-8H2,1-2H3,(H,14,15). The molecule has 1 saturated carbocycles. The van der Waals surface area contributed by atoms with Crippen molar-refractivity contribution in [1.29, 1.82) is 0 Å². The van der Waals surface area contributed by atoms with Gasteiger partial charge in [-0.2, -0.15) is 0 Å². The zero-order valence-corrected chi connectivity index (χ0v) is 10.2. The molecule has 2 N–H and O–H groups in total. The molecule has 0 bridgehead atoms. The topological polar surface area (TPSA) is 58.6 Å². The van der Waals surface area contributed by atoms with Crippen molar-refractivity contribution in [3.05, 3.63) is 0 Å². The van der Waals surface area contributed by atoms with Crippen LogP contribution in [0.1, 0.15) is 39.0 Å². The van der Waals surface area contributed by atoms with Gasteiger partial charge in [-0.05, 0) is 31.6 Å². The number of nitrogens with one attached hydrogen (secondary N) is 1. The molecule has 0 aromatic heterocycles. The first-order valence-corrected chi connectivity index (χ1v) is 6.15. The number of rotatable bonds is 6. The summed E-state index contributed by atoms with van der Waals surface area (Å²) < 4.78 is 4.91. The molecule has 0 aliphatic heterocycles. The number of carbonyl (C=O) groups is 1. The van der Waals surface area contributed by atoms with Gasteiger partial charge in [0, 0.05) is 13.2 Å². The average molecular weight is 229 g/mol. The predicted octanol–water partition coefficient (Wildman–Crippen LogP) is 1.64. The van der Waals surface area contributed by atoms with Gasteiger partial charge in [0.15, 0.2) is 0 Å². The number of hydrogen-bond donors (Lipinski definition) is 2. The van der Waals surface area contributed by atoms with Crippen molar-refractivity contribution in [2.24, 2.45) is 5.92 Å². The molecule has 94 valence electrons. The smallest absolute Gasteiger partial charge is 0.323 e. The van der Waals surface area contributed by atoms with Crippen LogP contribution in [0.3, 0.4) is 0 Å². The maximum atomic E-state index is 10.9. The molecule has 0 aromatic carbocycles. The van der Waals surface area contributed by atoms with E-state index in [0.29, 0.717) is 6.04 Å². The van der Waals surface area contributed by atoms with Crippen molar-refractivity contribution >= 4 is 5.97 Å². The molecule has 0 spiro atoms. The summed E-state index contributed by atoms with van der Waals surface area (Å²) in [4.78, 5) is 10.9. The number of aliphatic carboxylic acids is 1. The molecule has 4 heteroatoms. The Balaban J connectivity index is 2.33. The van der Waals surface area contributed by atoms with Crippen molar-refractivity contribution < 1.29 is 14.6 Å². The van der Waals surface area contributed by atoms with Gasteiger partial charge >= 0.3 is 5.97 Å². The number of hydrogen-bond acceptors (Lipinski definition) is 3. The second-order valence-electron chi connectivity index (χ2n) is 4.64. The summed E-state index contributed by atoms with van der Waals surface area (Å²) in [5.74, 6) is 0.0169. The van der Waals surface area contributed by atoms with Gasteiger partial charge in [0.05, 0.1) is 6.61 Å². The lowest BCUT2D eigenvalue weighted by atomic mass is 9.84. The molecule has 1 aliphatic rings. The molecular formula is C12H23NO3. The minimum absolute atomic E-state index is 0.239. The van der Waals surface area contributed by atoms with E-state index in [1.165, 1.54) is 26.4 Å². The Morgan fingerprint density at radius 3 is 2.50 bits per heavy atom. The summed E-state index contributed by atoms with van der Waals surface area (Å²) in [5, 5.41) is 12.2. The summed E-state index contributed by atoms with van der Waals surface area (Å²) >= 11 is 0. The Morgan fingerprint density at radius 1 is 1.44 bits per heavy atom. The summed E-state index contributed by atoms with van der Waals surface area (Å²) in [6.45, 7) is 2.46. The molecular weight excluding hydrogens is 206 g/mol. The third-order valence-electron chi connectivity index (χ3n) is 3.49. The van der Waals surface area contributed by atoms with Gasteiger partial charge in [0.25, 0.3) is 0 Å². The lowest BCUT2D eigenvalue weighted by Crippen LogP contribution is -2.47. The fourth-order valence-corrected chi connectivity index (χ4v) is 2.38. The molecule has 0 heterocycles. The van der Waals surface area contributed by atoms with Crippen molar-refractivity contribution in [1.82, 2.24) is 5.32 Å². The Bertz CT molecular complexity index is 212. The van der Waals surface area contributed by atoms with E-state index in [9.17, 15) is 4.79 Å². The van der Waals surface area contributed by atoms with Crippen LogP contribution < -0.4 is 5.32 Å². The predicted molar refractivity (Wildman–Crippen MR) is 62.5 cm³/mol. The first-order valence-electron chi connectivity index (χ1n) is 6.15. The normalized spacial score (nSPS) is 27.6. The molecule has 0 amide bonds. The number of ether oxygens (including phenoxy) is 1. The summed E-state index contributed by atoms with van der Waals surface area (Å²) in [7, 11) is 1.53. The lowest BCUT2D eigenvalue weighted by Gasteiger charge is -2.30. The van der Waals surface area contributed by atoms with Gasteiger partial charge in [-0.3, -0.25) is 10.1 Å². The second-order valence-corrected chi connectivity index (χ2v) is 4.64. The summed E-state index contributed by atoms with van der Waals surface area (Å²) in [5.41, 5.74) is 0. The Hall–Kier alpha value is -0.610. The van der Waals surface area contributed by atoms with Gasteiger partial charge in [-0.15, -0.1) is 0 Å². The maximum absolute atomic E-state index is 10.9. The molecule has 4 nitrogen and oxygen atoms in total. The Kier molecular flexibility index (Phi) is 5.77. The molecule has 0 radical (unpaired) electrons. The third-order valence-corrected chi connectivity index (χ3v) is 3.49. The van der Waals surface area contributed by atoms with E-state index in [4.69, 9.17) is 9.84 Å². The SMILES string of the molecule is CCC1CCC(NC(COC)C(=O)O)CC1. The van der Waals surface area contributed by atoms with E-state index in [2.05, 4.69) is 12.2 Å². The van der Waals surface area contributed by atoms with E-state index in [1.807, 2.05) is 0 Å². The number of carboxylic acids is 1. The highest BCUT2D eigenvalue weighted by Gasteiger charge is 2.25. The van der Waals surface area contributed by atoms with Gasteiger partial charge in [-0.25, -0.2) is 0 Å². The van der Waals surface area contributed by atoms with Crippen LogP contribution in [0.25, 0.3) is 0 Å². The molecule has 1 unspecified atom stereocenters. The summed E-state index contributed by atoms with van der Waals surface area (Å²) in [6.07, 6.45) is 5.85. The van der Waals surface area contributed by atoms with E-state index >= 15 is 0 Å². The number of methoxy groups -OCH3 is 1. The highest BCUT2D eigenvalue weighted by atomic mass is 16.5. The van der Waals surface area contributed by atoms with Crippen LogP contribution in [-0.4, -0.2) is 36.9 Å². The first-order chi connectivity index (χ1) is 7.67. The molecule has 16 heavy (non-hydrogen) atoms. The third kappa shape index (κ3) is 4.10. The summed E-state index contributed by atoms with van der Waals surface area (Å²) in [6, 6.07) is -0.216. The molecule has 1 aliphatic carbocycles. The fourth-order valence-electron chi connectivity index (χ4n) is 2.38. The van der Waals surface area contributed by atoms with E-state index < -0.39 is 12.0 Å². The zero-order valence-electron chi connectivity index (χ0n) is 10.2. The zero-order chi connectivity index (χ0) is 12.0. The van der Waals surface area contributed by atoms with Gasteiger partial charge in [0.2, 0.25) is 0 Å². The van der Waals surface area contributed by atoms with Crippen LogP contribution in [0.15, 0.2) is 0 Å². The minimum atomic E-state index is -0.820. The van der Waals surface area contributed by atoms with Crippen LogP contribution in [0.5, 0.6) is 0 Å². The van der Waals surface area contributed by atoms with Crippen LogP contribution in [0.2, 0.25) is 0 Å². The molecule has 1 fully saturated rings. The minimum Gasteiger partial charge on any atom is -0.480 e. The fraction of sp³-hybridized carbons (Fsp3) is 0.917. The Labute approximate surface area is 97.4 Å². The average Bonchev–Trinajstić information content (AvgIpc) is 2.29. The quantitative estimate of drug-likeness (QED) is 0.727. The van der Waals surface area contributed by atoms with Crippen molar-refractivity contribution in [3.8, 4) is 0 Å². The van der Waals surface area contributed by atoms with Crippen molar-refractivity contribution in [3.63, 3.8) is 0 Å². The second kappa shape index (κ2) is 6.86. The van der Waals surface area contributed by atoms with Gasteiger partial charge < -0.3 is 9.84 Å². The highest BCUT2D eigenvalue weighted by molar-refractivity contribution is 5.73. The molecule has 1 atom stereocenters.